The van der Waals surface area contributed by atoms with E-state index in [4.69, 9.17) is 9.26 Å². The Morgan fingerprint density at radius 2 is 2.28 bits per heavy atom. The molecule has 7 nitrogen and oxygen atoms in total. The molecule has 1 N–H and O–H groups in total. The lowest BCUT2D eigenvalue weighted by atomic mass is 10.1. The van der Waals surface area contributed by atoms with E-state index >= 15 is 0 Å². The number of para-hydroxylation sites is 1. The average molecular weight is 340 g/mol. The van der Waals surface area contributed by atoms with Crippen molar-refractivity contribution in [3.8, 4) is 0 Å². The van der Waals surface area contributed by atoms with Gasteiger partial charge in [-0.25, -0.2) is 4.98 Å². The van der Waals surface area contributed by atoms with E-state index in [-0.39, 0.29) is 24.5 Å². The number of hydrogen-bond donors (Lipinski definition) is 1. The standard InChI is InChI=1S/C18H20N4O3/c1-2-22-9-8-19-18(22)17-13(7-10-24-17)20-16(23)11-14-12-5-3-4-6-15(12)25-21-14/h3-6,8-9,13,17H,2,7,10-11H2,1H3,(H,20,23)/t13-,17-/m0/s1. The van der Waals surface area contributed by atoms with Gasteiger partial charge in [0.05, 0.1) is 12.5 Å². The highest BCUT2D eigenvalue weighted by Crippen LogP contribution is 2.28. The normalized spacial score (nSPS) is 20.2. The van der Waals surface area contributed by atoms with E-state index < -0.39 is 0 Å². The Morgan fingerprint density at radius 1 is 1.40 bits per heavy atom. The van der Waals surface area contributed by atoms with E-state index in [0.29, 0.717) is 17.9 Å². The molecule has 1 aromatic carbocycles. The summed E-state index contributed by atoms with van der Waals surface area (Å²) in [7, 11) is 0. The fourth-order valence-corrected chi connectivity index (χ4v) is 3.31. The summed E-state index contributed by atoms with van der Waals surface area (Å²) in [4.78, 5) is 16.9. The lowest BCUT2D eigenvalue weighted by Crippen LogP contribution is -2.38. The van der Waals surface area contributed by atoms with Gasteiger partial charge in [0.15, 0.2) is 5.58 Å². The maximum Gasteiger partial charge on any atom is 0.226 e. The summed E-state index contributed by atoms with van der Waals surface area (Å²) in [6.07, 6.45) is 4.43. The lowest BCUT2D eigenvalue weighted by Gasteiger charge is -2.20. The monoisotopic (exact) mass is 340 g/mol. The van der Waals surface area contributed by atoms with Crippen LogP contribution < -0.4 is 5.32 Å². The van der Waals surface area contributed by atoms with Crippen LogP contribution in [-0.2, 0) is 22.5 Å². The quantitative estimate of drug-likeness (QED) is 0.770. The van der Waals surface area contributed by atoms with Gasteiger partial charge in [-0.1, -0.05) is 17.3 Å². The predicted octanol–water partition coefficient (Wildman–Crippen LogP) is 2.23. The first-order chi connectivity index (χ1) is 12.3. The molecular formula is C18H20N4O3. The largest absolute Gasteiger partial charge is 0.368 e. The van der Waals surface area contributed by atoms with Gasteiger partial charge in [0.1, 0.15) is 17.6 Å². The van der Waals surface area contributed by atoms with Gasteiger partial charge in [-0.05, 0) is 25.5 Å². The smallest absolute Gasteiger partial charge is 0.226 e. The second-order valence-corrected chi connectivity index (χ2v) is 6.13. The maximum atomic E-state index is 12.5. The molecule has 7 heteroatoms. The Morgan fingerprint density at radius 3 is 3.16 bits per heavy atom. The van der Waals surface area contributed by atoms with Crippen LogP contribution >= 0.6 is 0 Å². The molecular weight excluding hydrogens is 320 g/mol. The van der Waals surface area contributed by atoms with Crippen molar-refractivity contribution in [1.29, 1.82) is 0 Å². The van der Waals surface area contributed by atoms with Crippen molar-refractivity contribution in [1.82, 2.24) is 20.0 Å². The van der Waals surface area contributed by atoms with Crippen molar-refractivity contribution in [3.63, 3.8) is 0 Å². The third-order valence-electron chi connectivity index (χ3n) is 4.56. The van der Waals surface area contributed by atoms with E-state index in [1.54, 1.807) is 6.20 Å². The van der Waals surface area contributed by atoms with Crippen molar-refractivity contribution in [3.05, 3.63) is 48.2 Å². The number of aryl methyl sites for hydroxylation is 1. The molecule has 2 atom stereocenters. The van der Waals surface area contributed by atoms with Crippen molar-refractivity contribution >= 4 is 16.9 Å². The third kappa shape index (κ3) is 3.02. The highest BCUT2D eigenvalue weighted by atomic mass is 16.5. The summed E-state index contributed by atoms with van der Waals surface area (Å²) >= 11 is 0. The predicted molar refractivity (Wildman–Crippen MR) is 90.9 cm³/mol. The molecule has 0 radical (unpaired) electrons. The van der Waals surface area contributed by atoms with Crippen LogP contribution in [0.5, 0.6) is 0 Å². The maximum absolute atomic E-state index is 12.5. The first kappa shape index (κ1) is 15.8. The molecule has 0 unspecified atom stereocenters. The van der Waals surface area contributed by atoms with Crippen LogP contribution in [0.3, 0.4) is 0 Å². The van der Waals surface area contributed by atoms with Gasteiger partial charge in [0.2, 0.25) is 5.91 Å². The van der Waals surface area contributed by atoms with Gasteiger partial charge in [-0.3, -0.25) is 4.79 Å². The van der Waals surface area contributed by atoms with E-state index in [2.05, 4.69) is 22.4 Å². The zero-order chi connectivity index (χ0) is 17.2. The van der Waals surface area contributed by atoms with E-state index in [9.17, 15) is 4.79 Å². The first-order valence-electron chi connectivity index (χ1n) is 8.51. The minimum atomic E-state index is -0.215. The third-order valence-corrected chi connectivity index (χ3v) is 4.56. The first-order valence-corrected chi connectivity index (χ1v) is 8.51. The molecule has 4 rings (SSSR count). The number of imidazole rings is 1. The highest BCUT2D eigenvalue weighted by Gasteiger charge is 2.33. The van der Waals surface area contributed by atoms with Crippen molar-refractivity contribution in [2.75, 3.05) is 6.61 Å². The van der Waals surface area contributed by atoms with Gasteiger partial charge in [0, 0.05) is 30.9 Å². The summed E-state index contributed by atoms with van der Waals surface area (Å²) in [6.45, 7) is 3.49. The molecule has 1 amide bonds. The lowest BCUT2D eigenvalue weighted by molar-refractivity contribution is -0.121. The number of amides is 1. The van der Waals surface area contributed by atoms with Crippen LogP contribution in [0.4, 0.5) is 0 Å². The molecule has 0 aliphatic carbocycles. The van der Waals surface area contributed by atoms with Gasteiger partial charge >= 0.3 is 0 Å². The number of rotatable bonds is 5. The van der Waals surface area contributed by atoms with Crippen LogP contribution in [0.1, 0.15) is 31.0 Å². The highest BCUT2D eigenvalue weighted by molar-refractivity contribution is 5.86. The fraction of sp³-hybridized carbons (Fsp3) is 0.389. The Bertz CT molecular complexity index is 885. The molecule has 25 heavy (non-hydrogen) atoms. The summed E-state index contributed by atoms with van der Waals surface area (Å²) in [5.41, 5.74) is 1.34. The van der Waals surface area contributed by atoms with Crippen molar-refractivity contribution in [2.45, 2.75) is 38.5 Å². The molecule has 1 fully saturated rings. The van der Waals surface area contributed by atoms with Crippen LogP contribution in [0.2, 0.25) is 0 Å². The van der Waals surface area contributed by atoms with Gasteiger partial charge in [-0.15, -0.1) is 0 Å². The topological polar surface area (TPSA) is 82.2 Å². The second kappa shape index (κ2) is 6.68. The number of nitrogens with one attached hydrogen (secondary N) is 1. The molecule has 2 aromatic heterocycles. The number of aromatic nitrogens is 3. The second-order valence-electron chi connectivity index (χ2n) is 6.13. The zero-order valence-corrected chi connectivity index (χ0v) is 14.0. The van der Waals surface area contributed by atoms with Crippen molar-refractivity contribution in [2.24, 2.45) is 0 Å². The molecule has 130 valence electrons. The minimum absolute atomic E-state index is 0.0848. The van der Waals surface area contributed by atoms with Crippen LogP contribution in [0.25, 0.3) is 11.0 Å². The fourth-order valence-electron chi connectivity index (χ4n) is 3.31. The number of carbonyl (C=O) groups excluding carboxylic acids is 1. The molecule has 1 saturated heterocycles. The zero-order valence-electron chi connectivity index (χ0n) is 14.0. The van der Waals surface area contributed by atoms with Gasteiger partial charge in [0.25, 0.3) is 0 Å². The number of nitrogens with zero attached hydrogens (tertiary/aromatic N) is 3. The number of ether oxygens (including phenoxy) is 1. The number of benzene rings is 1. The molecule has 0 spiro atoms. The number of carbonyl (C=O) groups is 1. The molecule has 0 bridgehead atoms. The SMILES string of the molecule is CCn1ccnc1[C@H]1OCC[C@@H]1NC(=O)Cc1noc2ccccc12. The van der Waals surface area contributed by atoms with Crippen LogP contribution in [0, 0.1) is 0 Å². The summed E-state index contributed by atoms with van der Waals surface area (Å²) < 4.78 is 13.1. The molecule has 0 saturated carbocycles. The Hall–Kier alpha value is -2.67. The molecule has 3 heterocycles. The summed E-state index contributed by atoms with van der Waals surface area (Å²) in [5, 5.41) is 7.97. The number of hydrogen-bond acceptors (Lipinski definition) is 5. The minimum Gasteiger partial charge on any atom is -0.368 e. The van der Waals surface area contributed by atoms with E-state index in [1.807, 2.05) is 35.0 Å². The molecule has 1 aliphatic rings. The average Bonchev–Trinajstić information content (AvgIpc) is 3.34. The van der Waals surface area contributed by atoms with Crippen molar-refractivity contribution < 1.29 is 14.1 Å². The Labute approximate surface area is 145 Å². The van der Waals surface area contributed by atoms with Gasteiger partial charge in [-0.2, -0.15) is 0 Å². The summed E-state index contributed by atoms with van der Waals surface area (Å²) in [5.74, 6) is 0.770. The molecule has 1 aliphatic heterocycles. The van der Waals surface area contributed by atoms with E-state index in [0.717, 1.165) is 24.2 Å². The summed E-state index contributed by atoms with van der Waals surface area (Å²) in [6, 6.07) is 7.46. The van der Waals surface area contributed by atoms with Crippen LogP contribution in [0.15, 0.2) is 41.2 Å². The Kier molecular flexibility index (Phi) is 4.23. The van der Waals surface area contributed by atoms with Gasteiger partial charge < -0.3 is 19.1 Å². The van der Waals surface area contributed by atoms with Crippen LogP contribution in [-0.4, -0.2) is 33.3 Å². The number of fused-ring (bicyclic) bond motifs is 1. The molecule has 3 aromatic rings. The van der Waals surface area contributed by atoms with E-state index in [1.165, 1.54) is 0 Å². The Balaban J connectivity index is 1.46.